The zero-order valence-electron chi connectivity index (χ0n) is 11.1. The standard InChI is InChI=1S/C13H14F3N5/c14-9-4-7(5-10(15)11(9)16)12-18-13(20-19-12)21-3-1-2-8(17)6-21/h4-5,8H,1-3,6,17H2,(H,18,19,20). The highest BCUT2D eigenvalue weighted by Gasteiger charge is 2.21. The van der Waals surface area contributed by atoms with Gasteiger partial charge >= 0.3 is 0 Å². The molecule has 0 saturated carbocycles. The fraction of sp³-hybridized carbons (Fsp3) is 0.385. The summed E-state index contributed by atoms with van der Waals surface area (Å²) in [5.74, 6) is -3.42. The molecule has 8 heteroatoms. The SMILES string of the molecule is NC1CCCN(c2n[nH]c(-c3cc(F)c(F)c(F)c3)n2)C1. The van der Waals surface area contributed by atoms with E-state index >= 15 is 0 Å². The summed E-state index contributed by atoms with van der Waals surface area (Å²) in [5.41, 5.74) is 5.99. The Hall–Kier alpha value is -2.09. The Morgan fingerprint density at radius 1 is 1.24 bits per heavy atom. The first-order valence-corrected chi connectivity index (χ1v) is 6.62. The van der Waals surface area contributed by atoms with E-state index in [-0.39, 0.29) is 17.4 Å². The lowest BCUT2D eigenvalue weighted by atomic mass is 10.1. The lowest BCUT2D eigenvalue weighted by molar-refractivity contribution is 0.447. The molecule has 0 bridgehead atoms. The molecule has 0 amide bonds. The molecule has 2 aromatic rings. The van der Waals surface area contributed by atoms with Crippen molar-refractivity contribution in [3.8, 4) is 11.4 Å². The Morgan fingerprint density at radius 3 is 2.62 bits per heavy atom. The molecule has 1 unspecified atom stereocenters. The van der Waals surface area contributed by atoms with Crippen LogP contribution in [0.5, 0.6) is 0 Å². The van der Waals surface area contributed by atoms with Crippen molar-refractivity contribution in [2.24, 2.45) is 5.73 Å². The van der Waals surface area contributed by atoms with Gasteiger partial charge in [0.25, 0.3) is 0 Å². The molecule has 0 radical (unpaired) electrons. The minimum Gasteiger partial charge on any atom is -0.338 e. The summed E-state index contributed by atoms with van der Waals surface area (Å²) in [5, 5.41) is 6.64. The van der Waals surface area contributed by atoms with Crippen LogP contribution in [0, 0.1) is 17.5 Å². The summed E-state index contributed by atoms with van der Waals surface area (Å²) in [6.45, 7) is 1.40. The maximum absolute atomic E-state index is 13.2. The molecule has 2 heterocycles. The first kappa shape index (κ1) is 13.9. The molecular weight excluding hydrogens is 283 g/mol. The number of hydrogen-bond donors (Lipinski definition) is 2. The van der Waals surface area contributed by atoms with Gasteiger partial charge in [-0.25, -0.2) is 13.2 Å². The van der Waals surface area contributed by atoms with E-state index < -0.39 is 17.5 Å². The molecular formula is C13H14F3N5. The molecule has 3 rings (SSSR count). The molecule has 1 fully saturated rings. The van der Waals surface area contributed by atoms with Crippen molar-refractivity contribution in [2.45, 2.75) is 18.9 Å². The average molecular weight is 297 g/mol. The van der Waals surface area contributed by atoms with Crippen LogP contribution >= 0.6 is 0 Å². The maximum Gasteiger partial charge on any atom is 0.245 e. The van der Waals surface area contributed by atoms with Gasteiger partial charge in [-0.2, -0.15) is 4.98 Å². The van der Waals surface area contributed by atoms with Gasteiger partial charge in [-0.1, -0.05) is 0 Å². The Kier molecular flexibility index (Phi) is 3.54. The highest BCUT2D eigenvalue weighted by atomic mass is 19.2. The first-order valence-electron chi connectivity index (χ1n) is 6.62. The number of aromatic amines is 1. The van der Waals surface area contributed by atoms with Gasteiger partial charge in [-0.15, -0.1) is 5.10 Å². The minimum atomic E-state index is -1.50. The molecule has 1 atom stereocenters. The largest absolute Gasteiger partial charge is 0.338 e. The first-order chi connectivity index (χ1) is 10.0. The second kappa shape index (κ2) is 5.36. The van der Waals surface area contributed by atoms with Crippen LogP contribution in [0.25, 0.3) is 11.4 Å². The molecule has 112 valence electrons. The van der Waals surface area contributed by atoms with Crippen LogP contribution in [0.1, 0.15) is 12.8 Å². The van der Waals surface area contributed by atoms with Crippen molar-refractivity contribution in [1.82, 2.24) is 15.2 Å². The van der Waals surface area contributed by atoms with Crippen molar-refractivity contribution in [3.05, 3.63) is 29.6 Å². The summed E-state index contributed by atoms with van der Waals surface area (Å²) in [6.07, 6.45) is 1.88. The monoisotopic (exact) mass is 297 g/mol. The van der Waals surface area contributed by atoms with Gasteiger partial charge in [0, 0.05) is 24.7 Å². The summed E-state index contributed by atoms with van der Waals surface area (Å²) >= 11 is 0. The fourth-order valence-corrected chi connectivity index (χ4v) is 2.41. The molecule has 3 N–H and O–H groups in total. The van der Waals surface area contributed by atoms with E-state index in [2.05, 4.69) is 15.2 Å². The topological polar surface area (TPSA) is 70.8 Å². The molecule has 5 nitrogen and oxygen atoms in total. The summed E-state index contributed by atoms with van der Waals surface area (Å²) in [4.78, 5) is 6.11. The normalized spacial score (nSPS) is 19.0. The molecule has 21 heavy (non-hydrogen) atoms. The number of anilines is 1. The summed E-state index contributed by atoms with van der Waals surface area (Å²) in [6, 6.07) is 1.82. The van der Waals surface area contributed by atoms with E-state index in [9.17, 15) is 13.2 Å². The van der Waals surface area contributed by atoms with Crippen molar-refractivity contribution >= 4 is 5.95 Å². The van der Waals surface area contributed by atoms with Gasteiger partial charge in [0.15, 0.2) is 23.3 Å². The maximum atomic E-state index is 13.2. The van der Waals surface area contributed by atoms with Crippen LogP contribution in [0.3, 0.4) is 0 Å². The number of hydrogen-bond acceptors (Lipinski definition) is 4. The van der Waals surface area contributed by atoms with E-state index in [0.717, 1.165) is 31.5 Å². The number of nitrogens with two attached hydrogens (primary N) is 1. The van der Waals surface area contributed by atoms with E-state index in [1.807, 2.05) is 4.90 Å². The molecule has 1 aliphatic heterocycles. The van der Waals surface area contributed by atoms with E-state index in [0.29, 0.717) is 12.5 Å². The van der Waals surface area contributed by atoms with E-state index in [4.69, 9.17) is 5.73 Å². The third-order valence-corrected chi connectivity index (χ3v) is 3.47. The number of nitrogens with one attached hydrogen (secondary N) is 1. The number of nitrogens with zero attached hydrogens (tertiary/aromatic N) is 3. The minimum absolute atomic E-state index is 0.0569. The Morgan fingerprint density at radius 2 is 1.95 bits per heavy atom. The van der Waals surface area contributed by atoms with Crippen LogP contribution in [0.2, 0.25) is 0 Å². The zero-order chi connectivity index (χ0) is 15.0. The molecule has 1 aromatic heterocycles. The van der Waals surface area contributed by atoms with Crippen molar-refractivity contribution < 1.29 is 13.2 Å². The van der Waals surface area contributed by atoms with Gasteiger partial charge in [-0.3, -0.25) is 5.10 Å². The van der Waals surface area contributed by atoms with Gasteiger partial charge < -0.3 is 10.6 Å². The smallest absolute Gasteiger partial charge is 0.245 e. The van der Waals surface area contributed by atoms with Gasteiger partial charge in [0.1, 0.15) is 0 Å². The predicted octanol–water partition coefficient (Wildman–Crippen LogP) is 1.82. The number of rotatable bonds is 2. The summed E-state index contributed by atoms with van der Waals surface area (Å²) < 4.78 is 39.4. The number of benzene rings is 1. The van der Waals surface area contributed by atoms with Crippen LogP contribution < -0.4 is 10.6 Å². The lowest BCUT2D eigenvalue weighted by Crippen LogP contribution is -2.43. The highest BCUT2D eigenvalue weighted by molar-refractivity contribution is 5.56. The van der Waals surface area contributed by atoms with Crippen LogP contribution in [-0.4, -0.2) is 34.3 Å². The third-order valence-electron chi connectivity index (χ3n) is 3.47. The second-order valence-corrected chi connectivity index (χ2v) is 5.09. The number of H-pyrrole nitrogens is 1. The zero-order valence-corrected chi connectivity index (χ0v) is 11.1. The molecule has 0 aliphatic carbocycles. The predicted molar refractivity (Wildman–Crippen MR) is 71.1 cm³/mol. The average Bonchev–Trinajstić information content (AvgIpc) is 2.94. The molecule has 0 spiro atoms. The Labute approximate surface area is 119 Å². The van der Waals surface area contributed by atoms with Crippen LogP contribution in [-0.2, 0) is 0 Å². The van der Waals surface area contributed by atoms with E-state index in [1.165, 1.54) is 0 Å². The molecule has 1 aliphatic rings. The van der Waals surface area contributed by atoms with Crippen LogP contribution in [0.15, 0.2) is 12.1 Å². The van der Waals surface area contributed by atoms with E-state index in [1.54, 1.807) is 0 Å². The van der Waals surface area contributed by atoms with Gasteiger partial charge in [0.05, 0.1) is 0 Å². The lowest BCUT2D eigenvalue weighted by Gasteiger charge is -2.29. The van der Waals surface area contributed by atoms with Crippen LogP contribution in [0.4, 0.5) is 19.1 Å². The van der Waals surface area contributed by atoms with Crippen molar-refractivity contribution in [3.63, 3.8) is 0 Å². The number of aromatic nitrogens is 3. The third kappa shape index (κ3) is 2.71. The Bertz CT molecular complexity index is 634. The van der Waals surface area contributed by atoms with Gasteiger partial charge in [0.2, 0.25) is 5.95 Å². The summed E-state index contributed by atoms with van der Waals surface area (Å²) in [7, 11) is 0. The number of piperidine rings is 1. The fourth-order valence-electron chi connectivity index (χ4n) is 2.41. The Balaban J connectivity index is 1.88. The van der Waals surface area contributed by atoms with Crippen molar-refractivity contribution in [2.75, 3.05) is 18.0 Å². The molecule has 1 saturated heterocycles. The highest BCUT2D eigenvalue weighted by Crippen LogP contribution is 2.23. The van der Waals surface area contributed by atoms with Gasteiger partial charge in [-0.05, 0) is 25.0 Å². The second-order valence-electron chi connectivity index (χ2n) is 5.09. The van der Waals surface area contributed by atoms with Crippen molar-refractivity contribution in [1.29, 1.82) is 0 Å². The quantitative estimate of drug-likeness (QED) is 0.829. The molecule has 1 aromatic carbocycles. The number of halogens is 3.